The first kappa shape index (κ1) is 154. The molecule has 7 N–H and O–H groups in total. The number of thioether (sulfide) groups is 6. The van der Waals surface area contributed by atoms with Gasteiger partial charge in [-0.3, -0.25) is 33.6 Å². The first-order chi connectivity index (χ1) is 73.4. The van der Waals surface area contributed by atoms with Crippen molar-refractivity contribution in [1.29, 1.82) is 0 Å². The Morgan fingerprint density at radius 2 is 0.313 bits per heavy atom. The molecule has 0 aliphatic rings. The number of carboxylic acids is 7. The number of hydrogen-bond acceptors (Lipinski definition) is 13. The summed E-state index contributed by atoms with van der Waals surface area (Å²) in [6.07, 6.45) is 165. The average Bonchev–Trinajstić information content (AvgIpc) is 0.950. The summed E-state index contributed by atoms with van der Waals surface area (Å²) in [5, 5.41) is 59.4. The van der Waals surface area contributed by atoms with Crippen LogP contribution in [0.25, 0.3) is 0 Å². The Kier molecular flexibility index (Phi) is 150. The third kappa shape index (κ3) is 169. The first-order valence-electron chi connectivity index (χ1n) is 58.5. The molecule has 1 atom stereocenters. The van der Waals surface area contributed by atoms with Gasteiger partial charge in [0.25, 0.3) is 0 Å². The summed E-state index contributed by atoms with van der Waals surface area (Å²) in [4.78, 5) is 73.3. The van der Waals surface area contributed by atoms with E-state index in [-0.39, 0.29) is 35.2 Å². The Hall–Kier alpha value is -6.81. The molecule has 0 spiro atoms. The highest BCUT2D eigenvalue weighted by Crippen LogP contribution is 2.21. The topological polar surface area (TPSA) is 261 Å². The molecular formula is C130H218O14S6. The molecule has 0 saturated heterocycles. The van der Waals surface area contributed by atoms with Gasteiger partial charge >= 0.3 is 41.8 Å². The van der Waals surface area contributed by atoms with Crippen molar-refractivity contribution in [3.63, 3.8) is 0 Å². The summed E-state index contributed by atoms with van der Waals surface area (Å²) >= 11 is 8.80. The van der Waals surface area contributed by atoms with Gasteiger partial charge in [0.1, 0.15) is 5.25 Å². The van der Waals surface area contributed by atoms with E-state index in [1.165, 1.54) is 290 Å². The lowest BCUT2D eigenvalue weighted by Crippen LogP contribution is -2.20. The zero-order valence-corrected chi connectivity index (χ0v) is 100. The Balaban J connectivity index is -0.000000416. The SMILES string of the molecule is CC/C=C\C/C=C\C/C=C\C/C=C\C/C=C\C/C=C\CCCSCC(=O)O.CC/C=C\C/C=C\C/C=C\CCCCCCCCSCC(=O)O.CCCCC/C=C\C/C=C\C/C=C\C/C=C\CCCCSC(CC(=O)O)C(=O)O.CCCCC/C=C\C/C=C\C/C=C\C/C=C\CCCCSCC(=O)O.CCCCC/C=C\C/C=C\C/C=C\CCCCCSCC(=O)O.CCCCCCCCCCCCCCCCCCSCC(=O)O. The van der Waals surface area contributed by atoms with Crippen LogP contribution in [0.3, 0.4) is 0 Å². The van der Waals surface area contributed by atoms with Crippen LogP contribution in [0.5, 0.6) is 0 Å². The summed E-state index contributed by atoms with van der Waals surface area (Å²) < 4.78 is 0. The highest BCUT2D eigenvalue weighted by molar-refractivity contribution is 8.01. The Bertz CT molecular complexity index is 3550. The van der Waals surface area contributed by atoms with E-state index in [4.69, 9.17) is 35.7 Å². The van der Waals surface area contributed by atoms with Crippen LogP contribution in [0.4, 0.5) is 0 Å². The molecule has 0 aromatic heterocycles. The van der Waals surface area contributed by atoms with Crippen molar-refractivity contribution in [2.75, 3.05) is 63.3 Å². The Morgan fingerprint density at radius 3 is 0.513 bits per heavy atom. The van der Waals surface area contributed by atoms with Crippen LogP contribution in [-0.4, -0.2) is 146 Å². The molecule has 0 aromatic carbocycles. The molecule has 0 aliphatic heterocycles. The van der Waals surface area contributed by atoms with E-state index in [2.05, 4.69) is 285 Å². The minimum absolute atomic E-state index is 0.212. The molecular weight excluding hydrogens is 1980 g/mol. The summed E-state index contributed by atoms with van der Waals surface area (Å²) in [5.41, 5.74) is 0. The zero-order valence-electron chi connectivity index (χ0n) is 95.3. The largest absolute Gasteiger partial charge is 0.481 e. The highest BCUT2D eigenvalue weighted by atomic mass is 32.2. The van der Waals surface area contributed by atoms with Crippen LogP contribution in [0.1, 0.15) is 459 Å². The smallest absolute Gasteiger partial charge is 0.317 e. The lowest BCUT2D eigenvalue weighted by molar-refractivity contribution is -0.142. The molecule has 0 rings (SSSR count). The fraction of sp³-hybridized carbons (Fsp3) is 0.638. The molecule has 0 aliphatic carbocycles. The molecule has 0 heterocycles. The molecule has 0 amide bonds. The molecule has 858 valence electrons. The van der Waals surface area contributed by atoms with Gasteiger partial charge in [-0.1, -0.05) is 452 Å². The van der Waals surface area contributed by atoms with Crippen molar-refractivity contribution in [3.05, 3.63) is 243 Å². The molecule has 0 radical (unpaired) electrons. The predicted octanol–water partition coefficient (Wildman–Crippen LogP) is 40.9. The Labute approximate surface area is 944 Å². The number of rotatable bonds is 104. The maximum atomic E-state index is 10.9. The van der Waals surface area contributed by atoms with Crippen LogP contribution in [-0.2, 0) is 33.6 Å². The lowest BCUT2D eigenvalue weighted by Gasteiger charge is -2.08. The molecule has 150 heavy (non-hydrogen) atoms. The van der Waals surface area contributed by atoms with Gasteiger partial charge in [0.05, 0.1) is 35.2 Å². The third-order valence-corrected chi connectivity index (χ3v) is 28.9. The monoisotopic (exact) mass is 2200 g/mol. The van der Waals surface area contributed by atoms with E-state index in [9.17, 15) is 33.6 Å². The van der Waals surface area contributed by atoms with Gasteiger partial charge in [-0.05, 0) is 279 Å². The van der Waals surface area contributed by atoms with Gasteiger partial charge in [-0.25, -0.2) is 0 Å². The first-order valence-corrected chi connectivity index (χ1v) is 65.3. The van der Waals surface area contributed by atoms with Gasteiger partial charge in [-0.2, -0.15) is 58.8 Å². The van der Waals surface area contributed by atoms with Crippen molar-refractivity contribution in [2.24, 2.45) is 0 Å². The third-order valence-electron chi connectivity index (χ3n) is 22.4. The molecule has 20 heteroatoms. The van der Waals surface area contributed by atoms with Gasteiger partial charge in [0.2, 0.25) is 0 Å². The molecule has 0 fully saturated rings. The summed E-state index contributed by atoms with van der Waals surface area (Å²) in [5.74, 6) is 1.02. The summed E-state index contributed by atoms with van der Waals surface area (Å²) in [6.45, 7) is 13.3. The standard InChI is InChI=1S/C24H38O4S.C24H36O2S.C22H36O2S.C20H40O2S.2C20H34O2S/c1-2-3-4-5-6-7-8-9-10-11-12-13-14-15-16-17-18-19-20-29-22(24(27)28)21-23(25)26;1-2-3-4-5-6-7-8-9-10-11-12-13-14-15-16-17-18-19-20-21-22-27-23-24(25)26;1-2-3-4-5-6-7-8-9-10-11-12-13-14-15-16-17-18-19-20-25-21-22(23)24;3*1-2-3-4-5-6-7-8-9-10-11-12-13-14-15-16-17-18-23-19-20(21)22/h6-7,9-10,12-13,15-16,22H,2-5,8,11,14,17-21H2,1H3,(H,25,26)(H,27,28);3-4,6-7,9-10,12-13,15-16,18-19H,2,5,8,11,14,17,20-23H2,1H3,(H,25,26);6-7,9-10,12-13,15-16H,2-5,8,11,14,17-21H2,1H3,(H,23,24);2-19H2,1H3,(H,21,22);6-7,9-10,12-13H,2-5,8,11,14-19H2,1H3,(H,21,22);3-4,6-7,9-10H,2,5,8,11-19H2,1H3,(H,21,22)/b7-6-,10-9-,13-12-,16-15-;4-3-,7-6-,10-9-,13-12-,16-15-,19-18-;7-6-,10-9-,13-12-,16-15-;;7-6-,10-9-,13-12-;4-3-,7-6-,10-9-. The maximum Gasteiger partial charge on any atom is 0.317 e. The molecule has 0 saturated carbocycles. The second-order valence-corrected chi connectivity index (χ2v) is 43.8. The summed E-state index contributed by atoms with van der Waals surface area (Å²) in [6, 6.07) is 0. The number of hydrogen-bond donors (Lipinski definition) is 7. The minimum atomic E-state index is -1.06. The van der Waals surface area contributed by atoms with E-state index < -0.39 is 47.0 Å². The quantitative estimate of drug-likeness (QED) is 0.0220. The predicted molar refractivity (Wildman–Crippen MR) is 673 cm³/mol. The van der Waals surface area contributed by atoms with Crippen molar-refractivity contribution in [3.8, 4) is 0 Å². The summed E-state index contributed by atoms with van der Waals surface area (Å²) in [7, 11) is 0. The van der Waals surface area contributed by atoms with Crippen molar-refractivity contribution in [2.45, 2.75) is 464 Å². The fourth-order valence-electron chi connectivity index (χ4n) is 14.0. The van der Waals surface area contributed by atoms with Gasteiger partial charge < -0.3 is 35.7 Å². The number of unbranched alkanes of at least 4 members (excludes halogenated alkanes) is 38. The fourth-order valence-corrected chi connectivity index (χ4v) is 18.6. The number of aliphatic carboxylic acids is 7. The minimum Gasteiger partial charge on any atom is -0.481 e. The second-order valence-electron chi connectivity index (χ2n) is 37.0. The van der Waals surface area contributed by atoms with Gasteiger partial charge in [-0.15, -0.1) is 11.8 Å². The van der Waals surface area contributed by atoms with Gasteiger partial charge in [0, 0.05) is 0 Å². The van der Waals surface area contributed by atoms with E-state index in [0.29, 0.717) is 5.75 Å². The van der Waals surface area contributed by atoms with Crippen molar-refractivity contribution in [1.82, 2.24) is 0 Å². The number of carbonyl (C=O) groups is 7. The lowest BCUT2D eigenvalue weighted by atomic mass is 10.0. The van der Waals surface area contributed by atoms with Crippen LogP contribution < -0.4 is 0 Å². The van der Waals surface area contributed by atoms with Crippen LogP contribution in [0.2, 0.25) is 0 Å². The Morgan fingerprint density at radius 1 is 0.167 bits per heavy atom. The van der Waals surface area contributed by atoms with Crippen LogP contribution in [0.15, 0.2) is 243 Å². The number of carboxylic acid groups (broad SMARTS) is 7. The van der Waals surface area contributed by atoms with E-state index in [1.54, 1.807) is 11.8 Å². The van der Waals surface area contributed by atoms with E-state index >= 15 is 0 Å². The van der Waals surface area contributed by atoms with Gasteiger partial charge in [0.15, 0.2) is 0 Å². The molecule has 1 unspecified atom stereocenters. The molecule has 0 aromatic rings. The zero-order chi connectivity index (χ0) is 111. The van der Waals surface area contributed by atoms with E-state index in [0.717, 1.165) is 209 Å². The van der Waals surface area contributed by atoms with Crippen LogP contribution >= 0.6 is 70.6 Å². The van der Waals surface area contributed by atoms with Crippen molar-refractivity contribution < 1.29 is 69.3 Å². The average molecular weight is 2200 g/mol. The highest BCUT2D eigenvalue weighted by Gasteiger charge is 2.21. The molecule has 0 bridgehead atoms. The maximum absolute atomic E-state index is 10.9. The van der Waals surface area contributed by atoms with E-state index in [1.807, 2.05) is 0 Å². The number of allylic oxidation sites excluding steroid dienone is 40. The van der Waals surface area contributed by atoms with Crippen LogP contribution in [0, 0.1) is 0 Å². The second kappa shape index (κ2) is 146. The van der Waals surface area contributed by atoms with Crippen molar-refractivity contribution >= 4 is 112 Å². The molecule has 14 nitrogen and oxygen atoms in total. The normalized spacial score (nSPS) is 12.3.